The third-order valence-electron chi connectivity index (χ3n) is 7.10. The highest BCUT2D eigenvalue weighted by molar-refractivity contribution is 5.91. The Hall–Kier alpha value is -4.08. The summed E-state index contributed by atoms with van der Waals surface area (Å²) in [7, 11) is 1.63. The van der Waals surface area contributed by atoms with E-state index in [0.717, 1.165) is 28.6 Å². The zero-order valence-corrected chi connectivity index (χ0v) is 21.9. The summed E-state index contributed by atoms with van der Waals surface area (Å²) in [5, 5.41) is 10.9. The van der Waals surface area contributed by atoms with Gasteiger partial charge in [0, 0.05) is 43.8 Å². The maximum Gasteiger partial charge on any atom is 0.320 e. The number of urea groups is 1. The summed E-state index contributed by atoms with van der Waals surface area (Å²) >= 11 is 0. The van der Waals surface area contributed by atoms with Crippen LogP contribution in [0.25, 0.3) is 16.9 Å². The zero-order chi connectivity index (χ0) is 27.4. The molecule has 1 aliphatic heterocycles. The number of methoxy groups -OCH3 is 1. The Kier molecular flexibility index (Phi) is 7.99. The number of hydrogen-bond acceptors (Lipinski definition) is 4. The predicted octanol–water partition coefficient (Wildman–Crippen LogP) is 5.36. The van der Waals surface area contributed by atoms with E-state index in [4.69, 9.17) is 9.84 Å². The van der Waals surface area contributed by atoms with E-state index in [1.807, 2.05) is 67.6 Å². The number of nitrogens with one attached hydrogen (secondary N) is 2. The third kappa shape index (κ3) is 5.84. The van der Waals surface area contributed by atoms with Crippen molar-refractivity contribution < 1.29 is 18.3 Å². The van der Waals surface area contributed by atoms with Gasteiger partial charge in [-0.1, -0.05) is 54.6 Å². The molecule has 3 aromatic carbocycles. The molecule has 0 saturated carbocycles. The van der Waals surface area contributed by atoms with Gasteiger partial charge in [0.1, 0.15) is 5.82 Å². The molecule has 39 heavy (non-hydrogen) atoms. The number of para-hydroxylation sites is 1. The Balaban J connectivity index is 1.42. The van der Waals surface area contributed by atoms with Crippen LogP contribution in [0.4, 0.5) is 19.4 Å². The van der Waals surface area contributed by atoms with Crippen LogP contribution in [0.3, 0.4) is 0 Å². The second-order valence-electron chi connectivity index (χ2n) is 9.67. The molecule has 0 radical (unpaired) electrons. The van der Waals surface area contributed by atoms with Crippen molar-refractivity contribution in [3.8, 4) is 16.9 Å². The number of likely N-dealkylation sites (tertiary alicyclic amines) is 1. The van der Waals surface area contributed by atoms with Crippen LogP contribution >= 0.6 is 0 Å². The van der Waals surface area contributed by atoms with Gasteiger partial charge in [0.25, 0.3) is 0 Å². The highest BCUT2D eigenvalue weighted by Gasteiger charge is 2.35. The minimum absolute atomic E-state index is 0.220. The zero-order valence-electron chi connectivity index (χ0n) is 21.9. The molecule has 9 heteroatoms. The number of benzene rings is 3. The van der Waals surface area contributed by atoms with Crippen LogP contribution in [0.5, 0.6) is 0 Å². The first-order valence-electron chi connectivity index (χ1n) is 12.9. The van der Waals surface area contributed by atoms with Gasteiger partial charge < -0.3 is 10.1 Å². The molecule has 1 aliphatic rings. The van der Waals surface area contributed by atoms with Gasteiger partial charge in [-0.2, -0.15) is 5.10 Å². The Bertz CT molecular complexity index is 1430. The highest BCUT2D eigenvalue weighted by Crippen LogP contribution is 2.32. The molecule has 2 heterocycles. The number of anilines is 1. The van der Waals surface area contributed by atoms with Crippen LogP contribution in [0.15, 0.2) is 78.9 Å². The number of carbonyl (C=O) groups excluding carboxylic acids is 1. The van der Waals surface area contributed by atoms with E-state index in [0.29, 0.717) is 37.6 Å². The second-order valence-corrected chi connectivity index (χ2v) is 9.67. The van der Waals surface area contributed by atoms with Crippen molar-refractivity contribution in [2.24, 2.45) is 0 Å². The number of ether oxygens (including phenoxy) is 1. The Morgan fingerprint density at radius 1 is 1.00 bits per heavy atom. The summed E-state index contributed by atoms with van der Waals surface area (Å²) in [5.41, 5.74) is 3.97. The van der Waals surface area contributed by atoms with Crippen LogP contribution in [-0.4, -0.2) is 60.1 Å². The fourth-order valence-electron chi connectivity index (χ4n) is 5.10. The average molecular weight is 532 g/mol. The number of carbonyl (C=O) groups is 1. The van der Waals surface area contributed by atoms with Crippen molar-refractivity contribution in [2.75, 3.05) is 38.7 Å². The molecule has 1 aromatic heterocycles. The largest absolute Gasteiger partial charge is 0.383 e. The summed E-state index contributed by atoms with van der Waals surface area (Å²) in [6.07, 6.45) is 0. The molecule has 5 rings (SSSR count). The summed E-state index contributed by atoms with van der Waals surface area (Å²) < 4.78 is 34.7. The van der Waals surface area contributed by atoms with Gasteiger partial charge in [-0.3, -0.25) is 10.2 Å². The number of halogens is 2. The smallest absolute Gasteiger partial charge is 0.320 e. The third-order valence-corrected chi connectivity index (χ3v) is 7.10. The fourth-order valence-corrected chi connectivity index (χ4v) is 5.10. The first-order valence-corrected chi connectivity index (χ1v) is 12.9. The molecule has 1 fully saturated rings. The van der Waals surface area contributed by atoms with E-state index < -0.39 is 17.7 Å². The Morgan fingerprint density at radius 3 is 2.41 bits per heavy atom. The summed E-state index contributed by atoms with van der Waals surface area (Å²) in [6, 6.07) is 22.6. The lowest BCUT2D eigenvalue weighted by atomic mass is 9.94. The van der Waals surface area contributed by atoms with Crippen LogP contribution < -0.4 is 10.6 Å². The quantitative estimate of drug-likeness (QED) is 0.321. The van der Waals surface area contributed by atoms with Crippen LogP contribution in [0.1, 0.15) is 17.0 Å². The molecule has 2 amide bonds. The van der Waals surface area contributed by atoms with Crippen molar-refractivity contribution in [3.05, 3.63) is 102 Å². The standard InChI is InChI=1S/C30H31F2N5O2/c1-20-28(21-9-5-3-6-10-21)35-37(23-11-7-4-8-12-23)29(20)34-30(38)33-27-19-36(15-16-39-2)18-24(27)22-13-14-25(31)26(32)17-22/h3-14,17,24,27H,15-16,18-19H2,1-2H3,(H2,33,34,38). The lowest BCUT2D eigenvalue weighted by Crippen LogP contribution is -2.42. The molecular formula is C30H31F2N5O2. The van der Waals surface area contributed by atoms with Crippen molar-refractivity contribution in [3.63, 3.8) is 0 Å². The van der Waals surface area contributed by atoms with E-state index in [9.17, 15) is 13.6 Å². The molecule has 4 aromatic rings. The van der Waals surface area contributed by atoms with Crippen molar-refractivity contribution in [1.82, 2.24) is 20.0 Å². The topological polar surface area (TPSA) is 71.4 Å². The maximum absolute atomic E-state index is 14.1. The van der Waals surface area contributed by atoms with Crippen molar-refractivity contribution >= 4 is 11.8 Å². The van der Waals surface area contributed by atoms with E-state index in [-0.39, 0.29) is 12.0 Å². The molecule has 2 N–H and O–H groups in total. The molecule has 7 nitrogen and oxygen atoms in total. The van der Waals surface area contributed by atoms with Gasteiger partial charge in [0.05, 0.1) is 24.0 Å². The van der Waals surface area contributed by atoms with Crippen molar-refractivity contribution in [2.45, 2.75) is 18.9 Å². The molecule has 0 aliphatic carbocycles. The molecule has 0 spiro atoms. The number of aromatic nitrogens is 2. The summed E-state index contributed by atoms with van der Waals surface area (Å²) in [4.78, 5) is 15.6. The first-order chi connectivity index (χ1) is 18.9. The molecule has 0 bridgehead atoms. The molecular weight excluding hydrogens is 500 g/mol. The average Bonchev–Trinajstić information content (AvgIpc) is 3.50. The second kappa shape index (κ2) is 11.8. The van der Waals surface area contributed by atoms with Gasteiger partial charge in [-0.15, -0.1) is 0 Å². The lowest BCUT2D eigenvalue weighted by Gasteiger charge is -2.21. The van der Waals surface area contributed by atoms with Gasteiger partial charge in [0.2, 0.25) is 0 Å². The van der Waals surface area contributed by atoms with Gasteiger partial charge in [-0.25, -0.2) is 18.3 Å². The van der Waals surface area contributed by atoms with Gasteiger partial charge in [-0.05, 0) is 36.8 Å². The number of amides is 2. The number of rotatable bonds is 8. The number of nitrogens with zero attached hydrogens (tertiary/aromatic N) is 3. The molecule has 202 valence electrons. The Morgan fingerprint density at radius 2 is 1.72 bits per heavy atom. The van der Waals surface area contributed by atoms with E-state index in [1.54, 1.807) is 17.9 Å². The summed E-state index contributed by atoms with van der Waals surface area (Å²) in [5.74, 6) is -1.46. The van der Waals surface area contributed by atoms with Crippen molar-refractivity contribution in [1.29, 1.82) is 0 Å². The first kappa shape index (κ1) is 26.5. The fraction of sp³-hybridized carbons (Fsp3) is 0.267. The number of hydrogen-bond donors (Lipinski definition) is 2. The van der Waals surface area contributed by atoms with Crippen LogP contribution in [0, 0.1) is 18.6 Å². The minimum Gasteiger partial charge on any atom is -0.383 e. The van der Waals surface area contributed by atoms with E-state index in [1.165, 1.54) is 6.07 Å². The van der Waals surface area contributed by atoms with Gasteiger partial charge in [0.15, 0.2) is 11.6 Å². The monoisotopic (exact) mass is 531 g/mol. The maximum atomic E-state index is 14.1. The van der Waals surface area contributed by atoms with E-state index in [2.05, 4.69) is 15.5 Å². The van der Waals surface area contributed by atoms with Gasteiger partial charge >= 0.3 is 6.03 Å². The molecule has 2 unspecified atom stereocenters. The molecule has 2 atom stereocenters. The van der Waals surface area contributed by atoms with Crippen LogP contribution in [-0.2, 0) is 4.74 Å². The SMILES string of the molecule is COCCN1CC(NC(=O)Nc2c(C)c(-c3ccccc3)nn2-c2ccccc2)C(c2ccc(F)c(F)c2)C1. The van der Waals surface area contributed by atoms with Crippen LogP contribution in [0.2, 0.25) is 0 Å². The molecule has 1 saturated heterocycles. The normalized spacial score (nSPS) is 17.3. The minimum atomic E-state index is -0.901. The predicted molar refractivity (Wildman–Crippen MR) is 147 cm³/mol. The van der Waals surface area contributed by atoms with E-state index >= 15 is 0 Å². The summed E-state index contributed by atoms with van der Waals surface area (Å²) in [6.45, 7) is 4.25. The highest BCUT2D eigenvalue weighted by atomic mass is 19.2. The lowest BCUT2D eigenvalue weighted by molar-refractivity contribution is 0.159. The Labute approximate surface area is 226 Å².